The molecule has 0 fully saturated rings. The van der Waals surface area contributed by atoms with E-state index in [0.29, 0.717) is 16.8 Å². The molecule has 5 nitrogen and oxygen atoms in total. The first kappa shape index (κ1) is 15.7. The topological polar surface area (TPSA) is 71.2 Å². The number of nitrogens with one attached hydrogen (secondary N) is 2. The Balaban J connectivity index is 1.83. The number of carbonyl (C=O) groups is 1. The maximum absolute atomic E-state index is 13.6. The number of halogens is 1. The van der Waals surface area contributed by atoms with Crippen LogP contribution >= 0.6 is 0 Å². The van der Waals surface area contributed by atoms with E-state index in [9.17, 15) is 14.0 Å². The predicted octanol–water partition coefficient (Wildman–Crippen LogP) is 2.61. The van der Waals surface area contributed by atoms with Gasteiger partial charge in [0, 0.05) is 18.2 Å². The van der Waals surface area contributed by atoms with Crippen molar-refractivity contribution >= 4 is 16.8 Å². The molecular formula is C18H15FN2O3. The molecule has 0 bridgehead atoms. The van der Waals surface area contributed by atoms with Crippen molar-refractivity contribution in [1.29, 1.82) is 0 Å². The molecular weight excluding hydrogens is 311 g/mol. The van der Waals surface area contributed by atoms with Crippen molar-refractivity contribution in [3.8, 4) is 5.75 Å². The number of fused-ring (bicyclic) bond motifs is 1. The second kappa shape index (κ2) is 6.54. The normalized spacial score (nSPS) is 10.6. The Labute approximate surface area is 137 Å². The highest BCUT2D eigenvalue weighted by Gasteiger charge is 2.11. The molecule has 1 heterocycles. The average molecular weight is 326 g/mol. The van der Waals surface area contributed by atoms with Crippen LogP contribution in [-0.4, -0.2) is 18.0 Å². The summed E-state index contributed by atoms with van der Waals surface area (Å²) in [5.74, 6) is -0.532. The van der Waals surface area contributed by atoms with Crippen LogP contribution in [0.4, 0.5) is 4.39 Å². The number of benzene rings is 2. The minimum atomic E-state index is -0.602. The highest BCUT2D eigenvalue weighted by Crippen LogP contribution is 2.18. The predicted molar refractivity (Wildman–Crippen MR) is 88.7 cm³/mol. The van der Waals surface area contributed by atoms with Gasteiger partial charge >= 0.3 is 0 Å². The van der Waals surface area contributed by atoms with Gasteiger partial charge in [0.15, 0.2) is 0 Å². The standard InChI is InChI=1S/C18H15FN2O3/c1-24-13-7-6-11-8-12(17(22)21-16(11)9-13)10-20-18(23)14-4-2-3-5-15(14)19/h2-9H,10H2,1H3,(H,20,23)(H,21,22). The van der Waals surface area contributed by atoms with Gasteiger partial charge in [-0.3, -0.25) is 9.59 Å². The van der Waals surface area contributed by atoms with Crippen molar-refractivity contribution < 1.29 is 13.9 Å². The fourth-order valence-electron chi connectivity index (χ4n) is 2.40. The third-order valence-electron chi connectivity index (χ3n) is 3.69. The highest BCUT2D eigenvalue weighted by molar-refractivity contribution is 5.94. The molecule has 0 aliphatic rings. The molecule has 3 rings (SSSR count). The molecule has 0 radical (unpaired) electrons. The second-order valence-electron chi connectivity index (χ2n) is 5.24. The SMILES string of the molecule is COc1ccc2cc(CNC(=O)c3ccccc3F)c(=O)[nH]c2c1. The van der Waals surface area contributed by atoms with Crippen molar-refractivity contribution in [2.24, 2.45) is 0 Å². The van der Waals surface area contributed by atoms with Crippen LogP contribution < -0.4 is 15.6 Å². The number of carbonyl (C=O) groups excluding carboxylic acids is 1. The highest BCUT2D eigenvalue weighted by atomic mass is 19.1. The van der Waals surface area contributed by atoms with Gasteiger partial charge in [0.2, 0.25) is 0 Å². The molecule has 2 aromatic carbocycles. The number of pyridine rings is 1. The Bertz CT molecular complexity index is 966. The number of amides is 1. The van der Waals surface area contributed by atoms with E-state index < -0.39 is 11.7 Å². The molecule has 0 atom stereocenters. The number of ether oxygens (including phenoxy) is 1. The van der Waals surface area contributed by atoms with E-state index in [1.54, 1.807) is 31.4 Å². The zero-order valence-electron chi connectivity index (χ0n) is 12.9. The Hall–Kier alpha value is -3.15. The molecule has 0 unspecified atom stereocenters. The van der Waals surface area contributed by atoms with Crippen LogP contribution in [0.15, 0.2) is 53.3 Å². The minimum Gasteiger partial charge on any atom is -0.497 e. The number of hydrogen-bond acceptors (Lipinski definition) is 3. The fraction of sp³-hybridized carbons (Fsp3) is 0.111. The molecule has 0 aliphatic heterocycles. The van der Waals surface area contributed by atoms with Crippen LogP contribution in [0.5, 0.6) is 5.75 Å². The van der Waals surface area contributed by atoms with Gasteiger partial charge in [0.25, 0.3) is 11.5 Å². The van der Waals surface area contributed by atoms with E-state index in [2.05, 4.69) is 10.3 Å². The van der Waals surface area contributed by atoms with Gasteiger partial charge in [0.1, 0.15) is 11.6 Å². The molecule has 0 spiro atoms. The quantitative estimate of drug-likeness (QED) is 0.774. The lowest BCUT2D eigenvalue weighted by atomic mass is 10.1. The number of H-pyrrole nitrogens is 1. The number of aromatic nitrogens is 1. The summed E-state index contributed by atoms with van der Waals surface area (Å²) >= 11 is 0. The van der Waals surface area contributed by atoms with Gasteiger partial charge in [0.05, 0.1) is 18.2 Å². The van der Waals surface area contributed by atoms with Gasteiger partial charge < -0.3 is 15.0 Å². The maximum Gasteiger partial charge on any atom is 0.254 e. The number of rotatable bonds is 4. The molecule has 0 saturated carbocycles. The summed E-state index contributed by atoms with van der Waals surface area (Å²) in [4.78, 5) is 26.9. The fourth-order valence-corrected chi connectivity index (χ4v) is 2.40. The van der Waals surface area contributed by atoms with Crippen molar-refractivity contribution in [2.45, 2.75) is 6.54 Å². The largest absolute Gasteiger partial charge is 0.497 e. The van der Waals surface area contributed by atoms with Crippen LogP contribution in [0.2, 0.25) is 0 Å². The second-order valence-corrected chi connectivity index (χ2v) is 5.24. The first-order valence-corrected chi connectivity index (χ1v) is 7.31. The number of hydrogen-bond donors (Lipinski definition) is 2. The Morgan fingerprint density at radius 2 is 2.00 bits per heavy atom. The minimum absolute atomic E-state index is 0.00443. The first-order chi connectivity index (χ1) is 11.6. The molecule has 0 saturated heterocycles. The Kier molecular flexibility index (Phi) is 4.29. The van der Waals surface area contributed by atoms with Crippen LogP contribution in [0, 0.1) is 5.82 Å². The zero-order valence-corrected chi connectivity index (χ0v) is 12.9. The summed E-state index contributed by atoms with van der Waals surface area (Å²) in [6.07, 6.45) is 0. The average Bonchev–Trinajstić information content (AvgIpc) is 2.59. The molecule has 6 heteroatoms. The molecule has 1 aromatic heterocycles. The lowest BCUT2D eigenvalue weighted by Gasteiger charge is -2.07. The summed E-state index contributed by atoms with van der Waals surface area (Å²) in [6, 6.07) is 12.7. The van der Waals surface area contributed by atoms with Crippen LogP contribution in [-0.2, 0) is 6.54 Å². The van der Waals surface area contributed by atoms with Crippen LogP contribution in [0.25, 0.3) is 10.9 Å². The molecule has 1 amide bonds. The van der Waals surface area contributed by atoms with Crippen molar-refractivity contribution in [1.82, 2.24) is 10.3 Å². The van der Waals surface area contributed by atoms with Crippen molar-refractivity contribution in [2.75, 3.05) is 7.11 Å². The molecule has 122 valence electrons. The van der Waals surface area contributed by atoms with Gasteiger partial charge in [-0.1, -0.05) is 12.1 Å². The van der Waals surface area contributed by atoms with Gasteiger partial charge in [-0.25, -0.2) is 4.39 Å². The number of aromatic amines is 1. The summed E-state index contributed by atoms with van der Waals surface area (Å²) in [5.41, 5.74) is 0.657. The maximum atomic E-state index is 13.6. The molecule has 3 aromatic rings. The summed E-state index contributed by atoms with van der Waals surface area (Å²) in [6.45, 7) is 0.00443. The van der Waals surface area contributed by atoms with Gasteiger partial charge in [-0.05, 0) is 35.7 Å². The summed E-state index contributed by atoms with van der Waals surface area (Å²) < 4.78 is 18.7. The van der Waals surface area contributed by atoms with Crippen molar-refractivity contribution in [3.63, 3.8) is 0 Å². The lowest BCUT2D eigenvalue weighted by Crippen LogP contribution is -2.27. The van der Waals surface area contributed by atoms with E-state index >= 15 is 0 Å². The molecule has 0 aliphatic carbocycles. The Morgan fingerprint density at radius 3 is 2.75 bits per heavy atom. The third kappa shape index (κ3) is 3.12. The van der Waals surface area contributed by atoms with Crippen LogP contribution in [0.3, 0.4) is 0 Å². The molecule has 2 N–H and O–H groups in total. The van der Waals surface area contributed by atoms with E-state index in [0.717, 1.165) is 5.39 Å². The zero-order chi connectivity index (χ0) is 17.1. The van der Waals surface area contributed by atoms with E-state index in [4.69, 9.17) is 4.74 Å². The van der Waals surface area contributed by atoms with E-state index in [1.165, 1.54) is 18.2 Å². The third-order valence-corrected chi connectivity index (χ3v) is 3.69. The smallest absolute Gasteiger partial charge is 0.254 e. The number of methoxy groups -OCH3 is 1. The lowest BCUT2D eigenvalue weighted by molar-refractivity contribution is 0.0947. The van der Waals surface area contributed by atoms with Gasteiger partial charge in [-0.2, -0.15) is 0 Å². The summed E-state index contributed by atoms with van der Waals surface area (Å²) in [7, 11) is 1.55. The van der Waals surface area contributed by atoms with Crippen LogP contribution in [0.1, 0.15) is 15.9 Å². The van der Waals surface area contributed by atoms with E-state index in [1.807, 2.05) is 6.07 Å². The monoisotopic (exact) mass is 326 g/mol. The molecule has 24 heavy (non-hydrogen) atoms. The van der Waals surface area contributed by atoms with Crippen molar-refractivity contribution in [3.05, 3.63) is 75.8 Å². The van der Waals surface area contributed by atoms with Gasteiger partial charge in [-0.15, -0.1) is 0 Å². The first-order valence-electron chi connectivity index (χ1n) is 7.31. The van der Waals surface area contributed by atoms with E-state index in [-0.39, 0.29) is 17.7 Å². The summed E-state index contributed by atoms with van der Waals surface area (Å²) in [5, 5.41) is 3.37. The Morgan fingerprint density at radius 1 is 1.21 bits per heavy atom.